The maximum absolute atomic E-state index is 12.8. The van der Waals surface area contributed by atoms with E-state index in [9.17, 15) is 13.2 Å². The molecule has 8 nitrogen and oxygen atoms in total. The molecule has 0 atom stereocenters. The van der Waals surface area contributed by atoms with Crippen molar-refractivity contribution in [1.82, 2.24) is 14.5 Å². The number of sulfonamides is 1. The molecule has 0 aliphatic carbocycles. The van der Waals surface area contributed by atoms with E-state index in [1.807, 2.05) is 19.1 Å². The smallest absolute Gasteiger partial charge is 0.243 e. The first-order chi connectivity index (χ1) is 16.3. The van der Waals surface area contributed by atoms with Crippen LogP contribution in [0.1, 0.15) is 30.4 Å². The van der Waals surface area contributed by atoms with E-state index in [1.165, 1.54) is 33.0 Å². The maximum Gasteiger partial charge on any atom is 0.243 e. The Morgan fingerprint density at radius 1 is 1.06 bits per heavy atom. The number of nitrogens with one attached hydrogen (secondary N) is 2. The third-order valence-corrected chi connectivity index (χ3v) is 9.56. The number of aryl methyl sites for hydroxylation is 1. The first kappa shape index (κ1) is 24.6. The molecule has 0 saturated carbocycles. The van der Waals surface area contributed by atoms with Crippen molar-refractivity contribution in [2.45, 2.75) is 42.3 Å². The summed E-state index contributed by atoms with van der Waals surface area (Å²) in [7, 11) is -3.48. The number of nitrogens with zero attached hydrogens (tertiary/aromatic N) is 3. The minimum Gasteiger partial charge on any atom is -0.330 e. The van der Waals surface area contributed by atoms with Gasteiger partial charge in [0.05, 0.1) is 10.6 Å². The molecule has 1 fully saturated rings. The van der Waals surface area contributed by atoms with Gasteiger partial charge in [-0.2, -0.15) is 4.31 Å². The van der Waals surface area contributed by atoms with Gasteiger partial charge in [0.15, 0.2) is 4.34 Å². The predicted molar refractivity (Wildman–Crippen MR) is 138 cm³/mol. The molecule has 1 saturated heterocycles. The molecule has 2 heterocycles. The number of aromatic nitrogens is 2. The van der Waals surface area contributed by atoms with Crippen LogP contribution in [0.15, 0.2) is 51.7 Å². The average Bonchev–Trinajstić information content (AvgIpc) is 3.29. The van der Waals surface area contributed by atoms with E-state index in [2.05, 4.69) is 33.8 Å². The highest BCUT2D eigenvalue weighted by molar-refractivity contribution is 8.01. The normalized spacial score (nSPS) is 14.6. The Balaban J connectivity index is 1.29. The van der Waals surface area contributed by atoms with Crippen molar-refractivity contribution < 1.29 is 13.2 Å². The number of anilines is 3. The minimum atomic E-state index is -3.48. The Labute approximate surface area is 208 Å². The van der Waals surface area contributed by atoms with Gasteiger partial charge in [-0.25, -0.2) is 8.42 Å². The standard InChI is InChI=1S/C23H27N5O3S3/c1-16-7-6-8-20(17(16)2)25-22-26-27-23(33-22)32-15-21(29)24-18-9-11-19(12-10-18)34(30,31)28-13-4-3-5-14-28/h6-12H,3-5,13-15H2,1-2H3,(H,24,29)(H,25,26). The molecule has 0 spiro atoms. The lowest BCUT2D eigenvalue weighted by molar-refractivity contribution is -0.113. The first-order valence-electron chi connectivity index (χ1n) is 11.0. The highest BCUT2D eigenvalue weighted by Gasteiger charge is 2.25. The van der Waals surface area contributed by atoms with Crippen LogP contribution in [0.2, 0.25) is 0 Å². The predicted octanol–water partition coefficient (Wildman–Crippen LogP) is 4.80. The van der Waals surface area contributed by atoms with Gasteiger partial charge in [-0.3, -0.25) is 4.79 Å². The summed E-state index contributed by atoms with van der Waals surface area (Å²) in [6, 6.07) is 12.4. The summed E-state index contributed by atoms with van der Waals surface area (Å²) in [5, 5.41) is 15.1. The number of amides is 1. The van der Waals surface area contributed by atoms with Crippen molar-refractivity contribution in [2.75, 3.05) is 29.5 Å². The number of thioether (sulfide) groups is 1. The fourth-order valence-corrected chi connectivity index (χ4v) is 6.69. The second-order valence-electron chi connectivity index (χ2n) is 8.07. The van der Waals surface area contributed by atoms with Crippen LogP contribution in [0.5, 0.6) is 0 Å². The summed E-state index contributed by atoms with van der Waals surface area (Å²) in [5.74, 6) is -0.0257. The molecule has 34 heavy (non-hydrogen) atoms. The molecule has 1 amide bonds. The fourth-order valence-electron chi connectivity index (χ4n) is 3.61. The summed E-state index contributed by atoms with van der Waals surface area (Å²) in [6.45, 7) is 5.23. The van der Waals surface area contributed by atoms with Gasteiger partial charge in [-0.15, -0.1) is 10.2 Å². The highest BCUT2D eigenvalue weighted by atomic mass is 32.2. The zero-order chi connectivity index (χ0) is 24.1. The zero-order valence-corrected chi connectivity index (χ0v) is 21.5. The maximum atomic E-state index is 12.8. The van der Waals surface area contributed by atoms with Crippen LogP contribution >= 0.6 is 23.1 Å². The van der Waals surface area contributed by atoms with Gasteiger partial charge in [-0.1, -0.05) is 41.7 Å². The van der Waals surface area contributed by atoms with E-state index in [0.29, 0.717) is 28.2 Å². The van der Waals surface area contributed by atoms with Gasteiger partial charge in [-0.05, 0) is 68.1 Å². The van der Waals surface area contributed by atoms with Crippen LogP contribution in [0.4, 0.5) is 16.5 Å². The molecule has 0 radical (unpaired) electrons. The Morgan fingerprint density at radius 2 is 1.79 bits per heavy atom. The van der Waals surface area contributed by atoms with Crippen molar-refractivity contribution in [2.24, 2.45) is 0 Å². The molecular weight excluding hydrogens is 490 g/mol. The van der Waals surface area contributed by atoms with Gasteiger partial charge < -0.3 is 10.6 Å². The van der Waals surface area contributed by atoms with E-state index in [0.717, 1.165) is 30.5 Å². The molecule has 11 heteroatoms. The molecular formula is C23H27N5O3S3. The van der Waals surface area contributed by atoms with Crippen LogP contribution < -0.4 is 10.6 Å². The van der Waals surface area contributed by atoms with E-state index in [-0.39, 0.29) is 16.6 Å². The van der Waals surface area contributed by atoms with Gasteiger partial charge >= 0.3 is 0 Å². The number of carbonyl (C=O) groups is 1. The minimum absolute atomic E-state index is 0.173. The highest BCUT2D eigenvalue weighted by Crippen LogP contribution is 2.29. The lowest BCUT2D eigenvalue weighted by atomic mass is 10.1. The molecule has 1 aliphatic rings. The zero-order valence-electron chi connectivity index (χ0n) is 19.1. The second kappa shape index (κ2) is 10.9. The first-order valence-corrected chi connectivity index (χ1v) is 14.3. The molecule has 1 aliphatic heterocycles. The summed E-state index contributed by atoms with van der Waals surface area (Å²) in [5.41, 5.74) is 3.88. The van der Waals surface area contributed by atoms with Gasteiger partial charge in [0.25, 0.3) is 0 Å². The largest absolute Gasteiger partial charge is 0.330 e. The SMILES string of the molecule is Cc1cccc(Nc2nnc(SCC(=O)Nc3ccc(S(=O)(=O)N4CCCCC4)cc3)s2)c1C. The number of benzene rings is 2. The molecule has 4 rings (SSSR count). The topological polar surface area (TPSA) is 104 Å². The van der Waals surface area contributed by atoms with Crippen LogP contribution in [0.25, 0.3) is 0 Å². The van der Waals surface area contributed by atoms with E-state index < -0.39 is 10.0 Å². The number of hydrogen-bond donors (Lipinski definition) is 2. The molecule has 2 N–H and O–H groups in total. The van der Waals surface area contributed by atoms with Gasteiger partial charge in [0.2, 0.25) is 21.1 Å². The summed E-state index contributed by atoms with van der Waals surface area (Å²) in [4.78, 5) is 12.6. The van der Waals surface area contributed by atoms with Crippen molar-refractivity contribution in [3.8, 4) is 0 Å². The van der Waals surface area contributed by atoms with Crippen LogP contribution in [0, 0.1) is 13.8 Å². The van der Waals surface area contributed by atoms with E-state index >= 15 is 0 Å². The van der Waals surface area contributed by atoms with Gasteiger partial charge in [0, 0.05) is 24.5 Å². The molecule has 0 unspecified atom stereocenters. The fraction of sp³-hybridized carbons (Fsp3) is 0.348. The Kier molecular flexibility index (Phi) is 7.87. The third-order valence-electron chi connectivity index (χ3n) is 5.67. The molecule has 180 valence electrons. The van der Waals surface area contributed by atoms with Crippen LogP contribution in [-0.2, 0) is 14.8 Å². The van der Waals surface area contributed by atoms with Crippen molar-refractivity contribution in [1.29, 1.82) is 0 Å². The number of piperidine rings is 1. The van der Waals surface area contributed by atoms with E-state index in [1.54, 1.807) is 24.3 Å². The third kappa shape index (κ3) is 5.96. The Hall–Kier alpha value is -2.47. The second-order valence-corrected chi connectivity index (χ2v) is 12.2. The molecule has 1 aromatic heterocycles. The number of carbonyl (C=O) groups excluding carboxylic acids is 1. The lowest BCUT2D eigenvalue weighted by Crippen LogP contribution is -2.35. The lowest BCUT2D eigenvalue weighted by Gasteiger charge is -2.25. The number of rotatable bonds is 8. The Bertz CT molecular complexity index is 1250. The quantitative estimate of drug-likeness (QED) is 0.414. The van der Waals surface area contributed by atoms with Crippen molar-refractivity contribution in [3.05, 3.63) is 53.6 Å². The monoisotopic (exact) mass is 517 g/mol. The van der Waals surface area contributed by atoms with Crippen molar-refractivity contribution in [3.63, 3.8) is 0 Å². The van der Waals surface area contributed by atoms with Gasteiger partial charge in [0.1, 0.15) is 0 Å². The van der Waals surface area contributed by atoms with Crippen LogP contribution in [-0.4, -0.2) is 47.7 Å². The summed E-state index contributed by atoms with van der Waals surface area (Å²) >= 11 is 2.69. The summed E-state index contributed by atoms with van der Waals surface area (Å²) < 4.78 is 27.7. The molecule has 0 bridgehead atoms. The molecule has 3 aromatic rings. The average molecular weight is 518 g/mol. The summed E-state index contributed by atoms with van der Waals surface area (Å²) in [6.07, 6.45) is 2.85. The Morgan fingerprint density at radius 3 is 2.53 bits per heavy atom. The van der Waals surface area contributed by atoms with E-state index in [4.69, 9.17) is 0 Å². The van der Waals surface area contributed by atoms with Crippen molar-refractivity contribution >= 4 is 55.5 Å². The number of hydrogen-bond acceptors (Lipinski definition) is 8. The van der Waals surface area contributed by atoms with Crippen LogP contribution in [0.3, 0.4) is 0 Å². The molecule has 2 aromatic carbocycles.